The first kappa shape index (κ1) is 13.4. The zero-order valence-electron chi connectivity index (χ0n) is 11.8. The van der Waals surface area contributed by atoms with Gasteiger partial charge in [-0.25, -0.2) is 0 Å². The molecule has 1 unspecified atom stereocenters. The van der Waals surface area contributed by atoms with Gasteiger partial charge in [0.1, 0.15) is 5.75 Å². The lowest BCUT2D eigenvalue weighted by molar-refractivity contribution is 0.167. The van der Waals surface area contributed by atoms with Crippen LogP contribution in [0.2, 0.25) is 0 Å². The molecule has 1 N–H and O–H groups in total. The Kier molecular flexibility index (Phi) is 4.28. The molecule has 0 heterocycles. The van der Waals surface area contributed by atoms with E-state index in [2.05, 4.69) is 31.3 Å². The van der Waals surface area contributed by atoms with Crippen molar-refractivity contribution in [1.29, 1.82) is 0 Å². The first-order chi connectivity index (χ1) is 8.62. The van der Waals surface area contributed by atoms with Crippen LogP contribution in [0.3, 0.4) is 0 Å². The van der Waals surface area contributed by atoms with Crippen molar-refractivity contribution in [2.75, 3.05) is 7.11 Å². The van der Waals surface area contributed by atoms with Gasteiger partial charge in [0.25, 0.3) is 0 Å². The Labute approximate surface area is 111 Å². The van der Waals surface area contributed by atoms with E-state index < -0.39 is 0 Å². The molecular formula is C16H25NO. The number of ether oxygens (including phenoxy) is 1. The highest BCUT2D eigenvalue weighted by molar-refractivity contribution is 5.27. The van der Waals surface area contributed by atoms with Crippen LogP contribution in [0.15, 0.2) is 24.3 Å². The van der Waals surface area contributed by atoms with Crippen LogP contribution >= 0.6 is 0 Å². The molecule has 0 aromatic heterocycles. The van der Waals surface area contributed by atoms with E-state index in [0.717, 1.165) is 12.3 Å². The SMILES string of the molecule is COc1ccc(CNC2CCCCC2(C)C)cc1. The zero-order valence-corrected chi connectivity index (χ0v) is 11.8. The van der Waals surface area contributed by atoms with Gasteiger partial charge in [0.2, 0.25) is 0 Å². The maximum absolute atomic E-state index is 5.18. The van der Waals surface area contributed by atoms with Gasteiger partial charge in [-0.1, -0.05) is 38.8 Å². The minimum atomic E-state index is 0.435. The molecule has 1 aromatic rings. The summed E-state index contributed by atoms with van der Waals surface area (Å²) in [7, 11) is 1.71. The van der Waals surface area contributed by atoms with Crippen LogP contribution in [0.5, 0.6) is 5.75 Å². The molecule has 2 rings (SSSR count). The van der Waals surface area contributed by atoms with E-state index >= 15 is 0 Å². The van der Waals surface area contributed by atoms with E-state index in [-0.39, 0.29) is 0 Å². The van der Waals surface area contributed by atoms with Crippen LogP contribution in [-0.2, 0) is 6.54 Å². The van der Waals surface area contributed by atoms with Gasteiger partial charge >= 0.3 is 0 Å². The summed E-state index contributed by atoms with van der Waals surface area (Å²) in [6.45, 7) is 5.73. The molecule has 1 aliphatic carbocycles. The Balaban J connectivity index is 1.90. The van der Waals surface area contributed by atoms with Crippen molar-refractivity contribution in [1.82, 2.24) is 5.32 Å². The van der Waals surface area contributed by atoms with E-state index in [1.807, 2.05) is 12.1 Å². The molecule has 0 amide bonds. The molecular weight excluding hydrogens is 222 g/mol. The summed E-state index contributed by atoms with van der Waals surface area (Å²) in [5, 5.41) is 3.72. The van der Waals surface area contributed by atoms with Crippen LogP contribution < -0.4 is 10.1 Å². The second-order valence-electron chi connectivity index (χ2n) is 6.02. The van der Waals surface area contributed by atoms with Gasteiger partial charge < -0.3 is 10.1 Å². The zero-order chi connectivity index (χ0) is 13.0. The summed E-state index contributed by atoms with van der Waals surface area (Å²) in [5.74, 6) is 0.928. The molecule has 1 aromatic carbocycles. The fourth-order valence-corrected chi connectivity index (χ4v) is 2.86. The smallest absolute Gasteiger partial charge is 0.118 e. The van der Waals surface area contributed by atoms with E-state index in [1.165, 1.54) is 31.2 Å². The molecule has 1 aliphatic rings. The van der Waals surface area contributed by atoms with Crippen LogP contribution in [0, 0.1) is 5.41 Å². The molecule has 100 valence electrons. The number of nitrogens with one attached hydrogen (secondary N) is 1. The molecule has 0 radical (unpaired) electrons. The molecule has 1 atom stereocenters. The van der Waals surface area contributed by atoms with Crippen LogP contribution in [0.1, 0.15) is 45.1 Å². The summed E-state index contributed by atoms with van der Waals surface area (Å²) >= 11 is 0. The Hall–Kier alpha value is -1.02. The molecule has 0 aliphatic heterocycles. The van der Waals surface area contributed by atoms with Gasteiger partial charge in [0.05, 0.1) is 7.11 Å². The van der Waals surface area contributed by atoms with Crippen molar-refractivity contribution in [2.45, 2.75) is 52.1 Å². The Bertz CT molecular complexity index is 369. The minimum absolute atomic E-state index is 0.435. The second kappa shape index (κ2) is 5.75. The molecule has 2 heteroatoms. The topological polar surface area (TPSA) is 21.3 Å². The lowest BCUT2D eigenvalue weighted by atomic mass is 9.73. The van der Waals surface area contributed by atoms with Crippen molar-refractivity contribution in [3.63, 3.8) is 0 Å². The number of methoxy groups -OCH3 is 1. The van der Waals surface area contributed by atoms with Crippen molar-refractivity contribution >= 4 is 0 Å². The number of rotatable bonds is 4. The van der Waals surface area contributed by atoms with Crippen LogP contribution in [0.4, 0.5) is 0 Å². The van der Waals surface area contributed by atoms with Gasteiger partial charge in [-0.05, 0) is 36.0 Å². The third-order valence-corrected chi connectivity index (χ3v) is 4.22. The highest BCUT2D eigenvalue weighted by Gasteiger charge is 2.31. The summed E-state index contributed by atoms with van der Waals surface area (Å²) < 4.78 is 5.18. The lowest BCUT2D eigenvalue weighted by Gasteiger charge is -2.39. The maximum atomic E-state index is 5.18. The standard InChI is InChI=1S/C16H25NO/c1-16(2)11-5-4-6-15(16)17-12-13-7-9-14(18-3)10-8-13/h7-10,15,17H,4-6,11-12H2,1-3H3. The predicted octanol–water partition coefficient (Wildman–Crippen LogP) is 3.75. The lowest BCUT2D eigenvalue weighted by Crippen LogP contribution is -2.43. The van der Waals surface area contributed by atoms with Crippen molar-refractivity contribution < 1.29 is 4.74 Å². The second-order valence-corrected chi connectivity index (χ2v) is 6.02. The normalized spacial score (nSPS) is 22.7. The average Bonchev–Trinajstić information content (AvgIpc) is 2.38. The quantitative estimate of drug-likeness (QED) is 0.875. The van der Waals surface area contributed by atoms with Crippen molar-refractivity contribution in [2.24, 2.45) is 5.41 Å². The van der Waals surface area contributed by atoms with Crippen LogP contribution in [0.25, 0.3) is 0 Å². The van der Waals surface area contributed by atoms with E-state index in [1.54, 1.807) is 7.11 Å². The average molecular weight is 247 g/mol. The maximum Gasteiger partial charge on any atom is 0.118 e. The molecule has 18 heavy (non-hydrogen) atoms. The fourth-order valence-electron chi connectivity index (χ4n) is 2.86. The van der Waals surface area contributed by atoms with Gasteiger partial charge in [-0.15, -0.1) is 0 Å². The van der Waals surface area contributed by atoms with E-state index in [4.69, 9.17) is 4.74 Å². The highest BCUT2D eigenvalue weighted by atomic mass is 16.5. The molecule has 0 bridgehead atoms. The fraction of sp³-hybridized carbons (Fsp3) is 0.625. The predicted molar refractivity (Wildman–Crippen MR) is 75.9 cm³/mol. The summed E-state index contributed by atoms with van der Waals surface area (Å²) in [4.78, 5) is 0. The number of hydrogen-bond acceptors (Lipinski definition) is 2. The summed E-state index contributed by atoms with van der Waals surface area (Å²) in [6, 6.07) is 8.99. The third kappa shape index (κ3) is 3.26. The van der Waals surface area contributed by atoms with Gasteiger partial charge in [0, 0.05) is 12.6 Å². The highest BCUT2D eigenvalue weighted by Crippen LogP contribution is 2.35. The first-order valence-corrected chi connectivity index (χ1v) is 6.98. The largest absolute Gasteiger partial charge is 0.497 e. The molecule has 1 fully saturated rings. The molecule has 0 saturated heterocycles. The third-order valence-electron chi connectivity index (χ3n) is 4.22. The van der Waals surface area contributed by atoms with Crippen molar-refractivity contribution in [3.8, 4) is 5.75 Å². The van der Waals surface area contributed by atoms with Crippen LogP contribution in [-0.4, -0.2) is 13.2 Å². The number of benzene rings is 1. The van der Waals surface area contributed by atoms with Gasteiger partial charge in [-0.2, -0.15) is 0 Å². The Morgan fingerprint density at radius 1 is 1.22 bits per heavy atom. The first-order valence-electron chi connectivity index (χ1n) is 6.98. The Morgan fingerprint density at radius 2 is 1.94 bits per heavy atom. The number of hydrogen-bond donors (Lipinski definition) is 1. The molecule has 2 nitrogen and oxygen atoms in total. The van der Waals surface area contributed by atoms with E-state index in [0.29, 0.717) is 11.5 Å². The van der Waals surface area contributed by atoms with Gasteiger partial charge in [0.15, 0.2) is 0 Å². The molecule has 1 saturated carbocycles. The minimum Gasteiger partial charge on any atom is -0.497 e. The van der Waals surface area contributed by atoms with Crippen molar-refractivity contribution in [3.05, 3.63) is 29.8 Å². The van der Waals surface area contributed by atoms with Gasteiger partial charge in [-0.3, -0.25) is 0 Å². The summed E-state index contributed by atoms with van der Waals surface area (Å²) in [6.07, 6.45) is 5.40. The summed E-state index contributed by atoms with van der Waals surface area (Å²) in [5.41, 5.74) is 1.77. The van der Waals surface area contributed by atoms with E-state index in [9.17, 15) is 0 Å². The monoisotopic (exact) mass is 247 g/mol. The molecule has 0 spiro atoms. The Morgan fingerprint density at radius 3 is 2.56 bits per heavy atom.